The molecule has 0 spiro atoms. The van der Waals surface area contributed by atoms with Crippen molar-refractivity contribution < 1.29 is 14.4 Å². The number of carbonyl (C=O) groups excluding carboxylic acids is 3. The van der Waals surface area contributed by atoms with Gasteiger partial charge in [0.15, 0.2) is 0 Å². The van der Waals surface area contributed by atoms with Crippen LogP contribution in [0.5, 0.6) is 0 Å². The molecule has 0 bridgehead atoms. The first-order valence-corrected chi connectivity index (χ1v) is 6.54. The van der Waals surface area contributed by atoms with Crippen LogP contribution >= 0.6 is 59.4 Å². The third-order valence-corrected chi connectivity index (χ3v) is 3.29. The summed E-state index contributed by atoms with van der Waals surface area (Å²) in [5.41, 5.74) is -0.0147. The molecule has 0 fully saturated rings. The molecular weight excluding hydrogens is 431 g/mol. The molecule has 0 aliphatic rings. The average molecular weight is 433 g/mol. The molecule has 16 heavy (non-hydrogen) atoms. The van der Waals surface area contributed by atoms with Gasteiger partial charge in [-0.15, -0.1) is 0 Å². The summed E-state index contributed by atoms with van der Waals surface area (Å²) < 4.78 is -1.64. The van der Waals surface area contributed by atoms with Gasteiger partial charge in [-0.3, -0.25) is 14.4 Å². The maximum atomic E-state index is 11.4. The molecule has 1 aromatic carbocycles. The lowest BCUT2D eigenvalue weighted by Gasteiger charge is -2.08. The highest BCUT2D eigenvalue weighted by atomic mass is 79.9. The SMILES string of the molecule is O=C(Br)c1ccc(Cl)c(C(=O)Br)c1C(=O)Br. The second-order valence-corrected chi connectivity index (χ2v) is 5.23. The van der Waals surface area contributed by atoms with Gasteiger partial charge in [-0.25, -0.2) is 0 Å². The standard InChI is InChI=1S/C9H2Br3ClO3/c10-7(14)3-1-2-4(13)6(9(12)16)5(3)8(11)15/h1-2H. The number of rotatable bonds is 3. The fourth-order valence-electron chi connectivity index (χ4n) is 1.14. The Labute approximate surface area is 121 Å². The highest BCUT2D eigenvalue weighted by Gasteiger charge is 2.23. The number of hydrogen-bond acceptors (Lipinski definition) is 3. The van der Waals surface area contributed by atoms with E-state index < -0.39 is 14.1 Å². The molecule has 3 nitrogen and oxygen atoms in total. The van der Waals surface area contributed by atoms with E-state index in [4.69, 9.17) is 11.6 Å². The minimum absolute atomic E-state index is 0.0335. The summed E-state index contributed by atoms with van der Waals surface area (Å²) in [5, 5.41) is 0.0992. The minimum Gasteiger partial charge on any atom is -0.281 e. The topological polar surface area (TPSA) is 51.2 Å². The van der Waals surface area contributed by atoms with Crippen molar-refractivity contribution in [2.75, 3.05) is 0 Å². The van der Waals surface area contributed by atoms with E-state index in [9.17, 15) is 14.4 Å². The van der Waals surface area contributed by atoms with Crippen LogP contribution in [0.4, 0.5) is 0 Å². The summed E-state index contributed by atoms with van der Waals surface area (Å²) in [6.07, 6.45) is 0. The molecule has 1 rings (SSSR count). The Hall–Kier alpha value is -0.0400. The van der Waals surface area contributed by atoms with Crippen molar-refractivity contribution in [3.05, 3.63) is 33.8 Å². The molecular formula is C9H2Br3ClO3. The smallest absolute Gasteiger partial charge is 0.230 e. The second-order valence-electron chi connectivity index (χ2n) is 2.67. The van der Waals surface area contributed by atoms with Gasteiger partial charge >= 0.3 is 0 Å². The van der Waals surface area contributed by atoms with Gasteiger partial charge in [0.2, 0.25) is 14.1 Å². The molecule has 0 aliphatic carbocycles. The first-order chi connectivity index (χ1) is 7.36. The summed E-state index contributed by atoms with van der Waals surface area (Å²) in [4.78, 5) is 33.9. The third-order valence-electron chi connectivity index (χ3n) is 1.76. The lowest BCUT2D eigenvalue weighted by Crippen LogP contribution is -2.08. The Kier molecular flexibility index (Phi) is 4.85. The quantitative estimate of drug-likeness (QED) is 0.679. The molecule has 0 radical (unpaired) electrons. The predicted octanol–water partition coefficient (Wildman–Crippen LogP) is 3.95. The van der Waals surface area contributed by atoms with E-state index in [0.717, 1.165) is 0 Å². The predicted molar refractivity (Wildman–Crippen MR) is 71.2 cm³/mol. The molecule has 0 aromatic heterocycles. The minimum atomic E-state index is -0.583. The van der Waals surface area contributed by atoms with Crippen molar-refractivity contribution in [2.45, 2.75) is 0 Å². The zero-order chi connectivity index (χ0) is 12.5. The Morgan fingerprint density at radius 2 is 1.38 bits per heavy atom. The Bertz CT molecular complexity index is 499. The van der Waals surface area contributed by atoms with E-state index in [-0.39, 0.29) is 21.7 Å². The molecule has 7 heteroatoms. The van der Waals surface area contributed by atoms with E-state index >= 15 is 0 Å². The van der Waals surface area contributed by atoms with E-state index in [1.165, 1.54) is 12.1 Å². The Balaban J connectivity index is 3.70. The first kappa shape index (κ1) is 14.0. The van der Waals surface area contributed by atoms with Gasteiger partial charge in [0.1, 0.15) is 0 Å². The summed E-state index contributed by atoms with van der Waals surface area (Å²) in [7, 11) is 0. The van der Waals surface area contributed by atoms with E-state index in [2.05, 4.69) is 47.8 Å². The van der Waals surface area contributed by atoms with Crippen LogP contribution in [0.25, 0.3) is 0 Å². The van der Waals surface area contributed by atoms with Crippen LogP contribution in [0.2, 0.25) is 5.02 Å². The third kappa shape index (κ3) is 2.80. The fourth-order valence-corrected chi connectivity index (χ4v) is 2.65. The first-order valence-electron chi connectivity index (χ1n) is 3.78. The number of carbonyl (C=O) groups is 3. The molecule has 0 saturated heterocycles. The van der Waals surface area contributed by atoms with Crippen molar-refractivity contribution in [2.24, 2.45) is 0 Å². The second kappa shape index (κ2) is 5.53. The van der Waals surface area contributed by atoms with Gasteiger partial charge in [-0.05, 0) is 59.9 Å². The van der Waals surface area contributed by atoms with Crippen LogP contribution < -0.4 is 0 Å². The van der Waals surface area contributed by atoms with Crippen molar-refractivity contribution >= 4 is 73.5 Å². The lowest BCUT2D eigenvalue weighted by molar-refractivity contribution is 0.105. The van der Waals surface area contributed by atoms with Crippen LogP contribution in [0.1, 0.15) is 31.1 Å². The molecule has 0 saturated carbocycles. The van der Waals surface area contributed by atoms with Gasteiger partial charge in [0.05, 0.1) is 16.1 Å². The molecule has 0 N–H and O–H groups in total. The zero-order valence-electron chi connectivity index (χ0n) is 7.39. The van der Waals surface area contributed by atoms with Crippen LogP contribution in [0.3, 0.4) is 0 Å². The molecule has 1 aromatic rings. The van der Waals surface area contributed by atoms with Crippen molar-refractivity contribution in [1.29, 1.82) is 0 Å². The zero-order valence-corrected chi connectivity index (χ0v) is 12.9. The summed E-state index contributed by atoms with van der Waals surface area (Å²) in [6.45, 7) is 0. The lowest BCUT2D eigenvalue weighted by atomic mass is 10.0. The number of benzene rings is 1. The Morgan fingerprint density at radius 3 is 1.75 bits per heavy atom. The Morgan fingerprint density at radius 1 is 0.875 bits per heavy atom. The normalized spacial score (nSPS) is 10.0. The number of hydrogen-bond donors (Lipinski definition) is 0. The maximum absolute atomic E-state index is 11.4. The molecule has 0 amide bonds. The van der Waals surface area contributed by atoms with Crippen LogP contribution in [-0.2, 0) is 0 Å². The van der Waals surface area contributed by atoms with E-state index in [1.54, 1.807) is 0 Å². The van der Waals surface area contributed by atoms with Gasteiger partial charge in [0, 0.05) is 5.56 Å². The fraction of sp³-hybridized carbons (Fsp3) is 0. The van der Waals surface area contributed by atoms with Crippen molar-refractivity contribution in [1.82, 2.24) is 0 Å². The maximum Gasteiger partial charge on any atom is 0.230 e. The summed E-state index contributed by atoms with van der Waals surface area (Å²) in [6, 6.07) is 2.75. The molecule has 0 heterocycles. The summed E-state index contributed by atoms with van der Waals surface area (Å²) in [5.74, 6) is 0. The molecule has 0 atom stereocenters. The summed E-state index contributed by atoms with van der Waals surface area (Å²) >= 11 is 13.9. The molecule has 0 aliphatic heterocycles. The number of halogens is 4. The highest BCUT2D eigenvalue weighted by Crippen LogP contribution is 2.28. The molecule has 0 unspecified atom stereocenters. The van der Waals surface area contributed by atoms with Crippen molar-refractivity contribution in [3.8, 4) is 0 Å². The van der Waals surface area contributed by atoms with Gasteiger partial charge in [0.25, 0.3) is 0 Å². The van der Waals surface area contributed by atoms with Gasteiger partial charge in [-0.2, -0.15) is 0 Å². The van der Waals surface area contributed by atoms with E-state index in [0.29, 0.717) is 0 Å². The van der Waals surface area contributed by atoms with Crippen molar-refractivity contribution in [3.63, 3.8) is 0 Å². The largest absolute Gasteiger partial charge is 0.281 e. The van der Waals surface area contributed by atoms with Gasteiger partial charge in [-0.1, -0.05) is 11.6 Å². The highest BCUT2D eigenvalue weighted by molar-refractivity contribution is 9.19. The van der Waals surface area contributed by atoms with Gasteiger partial charge < -0.3 is 0 Å². The average Bonchev–Trinajstić information content (AvgIpc) is 2.15. The monoisotopic (exact) mass is 430 g/mol. The van der Waals surface area contributed by atoms with Crippen LogP contribution in [-0.4, -0.2) is 14.1 Å². The molecule has 84 valence electrons. The van der Waals surface area contributed by atoms with Crippen LogP contribution in [0, 0.1) is 0 Å². The van der Waals surface area contributed by atoms with Crippen LogP contribution in [0.15, 0.2) is 12.1 Å². The van der Waals surface area contributed by atoms with E-state index in [1.807, 2.05) is 0 Å².